The fourth-order valence-corrected chi connectivity index (χ4v) is 3.25. The summed E-state index contributed by atoms with van der Waals surface area (Å²) in [4.78, 5) is 12.8. The van der Waals surface area contributed by atoms with E-state index in [1.165, 1.54) is 11.3 Å². The van der Waals surface area contributed by atoms with E-state index in [4.69, 9.17) is 16.0 Å². The molecule has 3 aromatic rings. The van der Waals surface area contributed by atoms with Crippen LogP contribution in [0.25, 0.3) is 10.8 Å². The number of hydrogen-bond donors (Lipinski definition) is 1. The van der Waals surface area contributed by atoms with Gasteiger partial charge in [-0.05, 0) is 29.6 Å². The van der Waals surface area contributed by atoms with Gasteiger partial charge in [0, 0.05) is 0 Å². The van der Waals surface area contributed by atoms with Crippen LogP contribution in [0.2, 0.25) is 5.02 Å². The Balaban J connectivity index is 1.61. The first-order chi connectivity index (χ1) is 12.3. The summed E-state index contributed by atoms with van der Waals surface area (Å²) < 4.78 is 43.6. The molecule has 0 aliphatic heterocycles. The summed E-state index contributed by atoms with van der Waals surface area (Å²) >= 11 is 8.24. The molecule has 0 spiro atoms. The second kappa shape index (κ2) is 7.68. The number of carbonyl (C=O) groups is 1. The number of amides is 1. The SMILES string of the molecule is O=C(CSc1nnc(-c2cccs2)o1)Nc1cc(C(F)(F)F)ccc1Cl. The van der Waals surface area contributed by atoms with Crippen LogP contribution < -0.4 is 5.32 Å². The highest BCUT2D eigenvalue weighted by molar-refractivity contribution is 7.99. The van der Waals surface area contributed by atoms with Crippen LogP contribution in [0.3, 0.4) is 0 Å². The first-order valence-electron chi connectivity index (χ1n) is 7.00. The number of nitrogens with one attached hydrogen (secondary N) is 1. The molecule has 2 heterocycles. The van der Waals surface area contributed by atoms with E-state index in [0.717, 1.165) is 34.8 Å². The molecule has 0 saturated heterocycles. The Hall–Kier alpha value is -2.04. The molecule has 1 aromatic carbocycles. The van der Waals surface area contributed by atoms with Gasteiger partial charge in [-0.25, -0.2) is 0 Å². The minimum atomic E-state index is -4.53. The summed E-state index contributed by atoms with van der Waals surface area (Å²) in [5.74, 6) is -0.338. The molecule has 0 fully saturated rings. The smallest absolute Gasteiger partial charge is 0.410 e. The van der Waals surface area contributed by atoms with Crippen molar-refractivity contribution in [2.75, 3.05) is 11.1 Å². The van der Waals surface area contributed by atoms with Crippen molar-refractivity contribution in [3.8, 4) is 10.8 Å². The molecule has 1 N–H and O–H groups in total. The minimum absolute atomic E-state index is 0.00845. The van der Waals surface area contributed by atoms with E-state index in [1.54, 1.807) is 0 Å². The van der Waals surface area contributed by atoms with Crippen molar-refractivity contribution in [1.29, 1.82) is 0 Å². The van der Waals surface area contributed by atoms with Gasteiger partial charge in [-0.1, -0.05) is 29.4 Å². The van der Waals surface area contributed by atoms with Gasteiger partial charge in [-0.2, -0.15) is 13.2 Å². The zero-order valence-electron chi connectivity index (χ0n) is 12.7. The number of aromatic nitrogens is 2. The molecule has 0 aliphatic carbocycles. The van der Waals surface area contributed by atoms with Crippen LogP contribution >= 0.6 is 34.7 Å². The van der Waals surface area contributed by atoms with Gasteiger partial charge in [0.25, 0.3) is 11.1 Å². The van der Waals surface area contributed by atoms with Gasteiger partial charge in [0.1, 0.15) is 0 Å². The van der Waals surface area contributed by atoms with E-state index in [0.29, 0.717) is 5.89 Å². The molecular weight excluding hydrogens is 411 g/mol. The predicted octanol–water partition coefficient (Wildman–Crippen LogP) is 5.20. The molecule has 11 heteroatoms. The molecule has 0 unspecified atom stereocenters. The van der Waals surface area contributed by atoms with E-state index in [9.17, 15) is 18.0 Å². The molecule has 0 atom stereocenters. The first kappa shape index (κ1) is 18.7. The summed E-state index contributed by atoms with van der Waals surface area (Å²) in [5.41, 5.74) is -1.01. The number of carbonyl (C=O) groups excluding carboxylic acids is 1. The first-order valence-corrected chi connectivity index (χ1v) is 9.24. The average molecular weight is 420 g/mol. The molecule has 26 heavy (non-hydrogen) atoms. The Kier molecular flexibility index (Phi) is 5.54. The number of rotatable bonds is 5. The fraction of sp³-hybridized carbons (Fsp3) is 0.133. The van der Waals surface area contributed by atoms with Gasteiger partial charge >= 0.3 is 6.18 Å². The number of alkyl halides is 3. The van der Waals surface area contributed by atoms with Crippen LogP contribution in [0, 0.1) is 0 Å². The van der Waals surface area contributed by atoms with Gasteiger partial charge in [0.2, 0.25) is 5.91 Å². The lowest BCUT2D eigenvalue weighted by molar-refractivity contribution is -0.137. The van der Waals surface area contributed by atoms with Crippen LogP contribution in [0.15, 0.2) is 45.4 Å². The maximum Gasteiger partial charge on any atom is 0.416 e. The molecule has 5 nitrogen and oxygen atoms in total. The largest absolute Gasteiger partial charge is 0.416 e. The lowest BCUT2D eigenvalue weighted by atomic mass is 10.2. The highest BCUT2D eigenvalue weighted by Gasteiger charge is 2.31. The normalized spacial score (nSPS) is 11.5. The van der Waals surface area contributed by atoms with Crippen molar-refractivity contribution in [2.45, 2.75) is 11.4 Å². The van der Waals surface area contributed by atoms with Crippen LogP contribution in [-0.2, 0) is 11.0 Å². The van der Waals surface area contributed by atoms with Crippen molar-refractivity contribution in [3.05, 3.63) is 46.3 Å². The number of nitrogens with zero attached hydrogens (tertiary/aromatic N) is 2. The third-order valence-electron chi connectivity index (χ3n) is 3.03. The third kappa shape index (κ3) is 4.57. The van der Waals surface area contributed by atoms with Gasteiger partial charge in [0.05, 0.1) is 26.9 Å². The summed E-state index contributed by atoms with van der Waals surface area (Å²) in [7, 11) is 0. The van der Waals surface area contributed by atoms with E-state index in [-0.39, 0.29) is 21.7 Å². The van der Waals surface area contributed by atoms with E-state index in [1.807, 2.05) is 17.5 Å². The summed E-state index contributed by atoms with van der Waals surface area (Å²) in [6, 6.07) is 6.36. The molecule has 3 rings (SSSR count). The molecule has 0 radical (unpaired) electrons. The van der Waals surface area contributed by atoms with Crippen LogP contribution in [0.4, 0.5) is 18.9 Å². The van der Waals surface area contributed by atoms with Gasteiger partial charge in [-0.15, -0.1) is 21.5 Å². The van der Waals surface area contributed by atoms with Gasteiger partial charge < -0.3 is 9.73 Å². The lowest BCUT2D eigenvalue weighted by Gasteiger charge is -2.11. The zero-order valence-corrected chi connectivity index (χ0v) is 15.1. The van der Waals surface area contributed by atoms with Crippen molar-refractivity contribution in [3.63, 3.8) is 0 Å². The molecule has 2 aromatic heterocycles. The quantitative estimate of drug-likeness (QED) is 0.575. The Bertz CT molecular complexity index is 913. The fourth-order valence-electron chi connectivity index (χ4n) is 1.88. The second-order valence-corrected chi connectivity index (χ2v) is 7.16. The van der Waals surface area contributed by atoms with Crippen LogP contribution in [0.1, 0.15) is 5.56 Å². The molecule has 0 aliphatic rings. The molecule has 1 amide bonds. The van der Waals surface area contributed by atoms with Crippen molar-refractivity contribution >= 4 is 46.3 Å². The van der Waals surface area contributed by atoms with E-state index >= 15 is 0 Å². The summed E-state index contributed by atoms with van der Waals surface area (Å²) in [6.07, 6.45) is -4.53. The van der Waals surface area contributed by atoms with E-state index in [2.05, 4.69) is 15.5 Å². The number of hydrogen-bond acceptors (Lipinski definition) is 6. The Morgan fingerprint density at radius 1 is 1.31 bits per heavy atom. The molecule has 136 valence electrons. The predicted molar refractivity (Wildman–Crippen MR) is 93.4 cm³/mol. The number of benzene rings is 1. The van der Waals surface area contributed by atoms with Crippen LogP contribution in [0.5, 0.6) is 0 Å². The standard InChI is InChI=1S/C15H9ClF3N3O2S2/c16-9-4-3-8(15(17,18)19)6-10(9)20-12(23)7-26-14-22-21-13(24-14)11-2-1-5-25-11/h1-6H,7H2,(H,20,23). The average Bonchev–Trinajstić information content (AvgIpc) is 3.25. The van der Waals surface area contributed by atoms with Crippen molar-refractivity contribution < 1.29 is 22.4 Å². The number of thiophene rings is 1. The van der Waals surface area contributed by atoms with Crippen LogP contribution in [-0.4, -0.2) is 21.9 Å². The maximum atomic E-state index is 12.7. The topological polar surface area (TPSA) is 68.0 Å². The lowest BCUT2D eigenvalue weighted by Crippen LogP contribution is -2.15. The monoisotopic (exact) mass is 419 g/mol. The van der Waals surface area contributed by atoms with Gasteiger partial charge in [0.15, 0.2) is 0 Å². The Morgan fingerprint density at radius 2 is 2.12 bits per heavy atom. The number of thioether (sulfide) groups is 1. The number of anilines is 1. The maximum absolute atomic E-state index is 12.7. The van der Waals surface area contributed by atoms with Crippen molar-refractivity contribution in [1.82, 2.24) is 10.2 Å². The van der Waals surface area contributed by atoms with Gasteiger partial charge in [-0.3, -0.25) is 4.79 Å². The Morgan fingerprint density at radius 3 is 2.81 bits per heavy atom. The minimum Gasteiger partial charge on any atom is -0.410 e. The van der Waals surface area contributed by atoms with Crippen molar-refractivity contribution in [2.24, 2.45) is 0 Å². The highest BCUT2D eigenvalue weighted by atomic mass is 35.5. The van der Waals surface area contributed by atoms with E-state index < -0.39 is 17.6 Å². The zero-order chi connectivity index (χ0) is 18.7. The number of halogens is 4. The second-order valence-electron chi connectivity index (χ2n) is 4.88. The summed E-state index contributed by atoms with van der Waals surface area (Å²) in [6.45, 7) is 0. The molecular formula is C15H9ClF3N3O2S2. The molecule has 0 saturated carbocycles. The highest BCUT2D eigenvalue weighted by Crippen LogP contribution is 2.34. The Labute approximate surface area is 158 Å². The summed E-state index contributed by atoms with van der Waals surface area (Å²) in [5, 5.41) is 12.1. The molecule has 0 bridgehead atoms. The third-order valence-corrected chi connectivity index (χ3v) is 5.04.